The van der Waals surface area contributed by atoms with Crippen LogP contribution in [0.5, 0.6) is 5.75 Å². The van der Waals surface area contributed by atoms with Crippen LogP contribution in [-0.2, 0) is 6.54 Å². The van der Waals surface area contributed by atoms with E-state index >= 15 is 0 Å². The van der Waals surface area contributed by atoms with Crippen molar-refractivity contribution in [3.63, 3.8) is 0 Å². The molecule has 0 spiro atoms. The Morgan fingerprint density at radius 1 is 1.30 bits per heavy atom. The molecule has 0 aliphatic carbocycles. The summed E-state index contributed by atoms with van der Waals surface area (Å²) in [6.07, 6.45) is 2.12. The van der Waals surface area contributed by atoms with Gasteiger partial charge in [0.25, 0.3) is 0 Å². The van der Waals surface area contributed by atoms with Gasteiger partial charge in [-0.2, -0.15) is 0 Å². The topological polar surface area (TPSA) is 41.8 Å². The van der Waals surface area contributed by atoms with Gasteiger partial charge >= 0.3 is 0 Å². The Kier molecular flexibility index (Phi) is 4.03. The van der Waals surface area contributed by atoms with Crippen molar-refractivity contribution in [2.75, 3.05) is 33.3 Å². The number of nitrogens with one attached hydrogen (secondary N) is 1. The van der Waals surface area contributed by atoms with Gasteiger partial charge in [-0.05, 0) is 12.1 Å². The average Bonchev–Trinajstić information content (AvgIpc) is 3.19. The summed E-state index contributed by atoms with van der Waals surface area (Å²) >= 11 is 1.68. The first kappa shape index (κ1) is 14.7. The molecule has 2 aromatic heterocycles. The number of rotatable bonds is 4. The van der Waals surface area contributed by atoms with Crippen molar-refractivity contribution in [2.24, 2.45) is 0 Å². The number of piperazine rings is 1. The van der Waals surface area contributed by atoms with Crippen LogP contribution in [0.3, 0.4) is 0 Å². The minimum absolute atomic E-state index is 0.868. The van der Waals surface area contributed by atoms with Gasteiger partial charge in [-0.3, -0.25) is 9.30 Å². The number of ether oxygens (including phenoxy) is 1. The maximum Gasteiger partial charge on any atom is 0.194 e. The Balaban J connectivity index is 1.75. The van der Waals surface area contributed by atoms with E-state index in [1.165, 1.54) is 5.69 Å². The molecule has 3 heterocycles. The molecule has 0 saturated carbocycles. The SMILES string of the molecule is COc1cccc(-c2nc3sccn3c2CN2CCNCC2)c1. The number of benzene rings is 1. The van der Waals surface area contributed by atoms with Crippen molar-refractivity contribution in [1.82, 2.24) is 19.6 Å². The minimum atomic E-state index is 0.868. The summed E-state index contributed by atoms with van der Waals surface area (Å²) in [6, 6.07) is 8.16. The molecule has 0 radical (unpaired) electrons. The van der Waals surface area contributed by atoms with Crippen LogP contribution < -0.4 is 10.1 Å². The van der Waals surface area contributed by atoms with E-state index in [2.05, 4.69) is 38.3 Å². The van der Waals surface area contributed by atoms with Crippen LogP contribution in [0.2, 0.25) is 0 Å². The van der Waals surface area contributed by atoms with Crippen molar-refractivity contribution < 1.29 is 4.74 Å². The predicted molar refractivity (Wildman–Crippen MR) is 93.2 cm³/mol. The molecule has 120 valence electrons. The maximum atomic E-state index is 5.37. The molecule has 3 aromatic rings. The van der Waals surface area contributed by atoms with Crippen LogP contribution in [0.25, 0.3) is 16.2 Å². The van der Waals surface area contributed by atoms with Gasteiger partial charge in [0.15, 0.2) is 4.96 Å². The Bertz CT molecular complexity index is 804. The smallest absolute Gasteiger partial charge is 0.194 e. The van der Waals surface area contributed by atoms with Crippen molar-refractivity contribution in [2.45, 2.75) is 6.54 Å². The molecule has 1 saturated heterocycles. The molecule has 5 nitrogen and oxygen atoms in total. The van der Waals surface area contributed by atoms with Crippen LogP contribution >= 0.6 is 11.3 Å². The van der Waals surface area contributed by atoms with Crippen molar-refractivity contribution in [3.8, 4) is 17.0 Å². The summed E-state index contributed by atoms with van der Waals surface area (Å²) in [7, 11) is 1.70. The zero-order valence-corrected chi connectivity index (χ0v) is 14.0. The number of aromatic nitrogens is 2. The van der Waals surface area contributed by atoms with Crippen LogP contribution in [0, 0.1) is 0 Å². The van der Waals surface area contributed by atoms with E-state index < -0.39 is 0 Å². The summed E-state index contributed by atoms with van der Waals surface area (Å²) in [6.45, 7) is 5.19. The number of hydrogen-bond donors (Lipinski definition) is 1. The van der Waals surface area contributed by atoms with Gasteiger partial charge in [0, 0.05) is 49.9 Å². The number of hydrogen-bond acceptors (Lipinski definition) is 5. The summed E-state index contributed by atoms with van der Waals surface area (Å²) in [5.74, 6) is 0.868. The highest BCUT2D eigenvalue weighted by molar-refractivity contribution is 7.15. The zero-order valence-electron chi connectivity index (χ0n) is 13.2. The maximum absolute atomic E-state index is 5.37. The fourth-order valence-corrected chi connectivity index (χ4v) is 3.80. The van der Waals surface area contributed by atoms with Gasteiger partial charge < -0.3 is 10.1 Å². The van der Waals surface area contributed by atoms with Crippen LogP contribution in [-0.4, -0.2) is 47.6 Å². The molecule has 23 heavy (non-hydrogen) atoms. The lowest BCUT2D eigenvalue weighted by atomic mass is 10.1. The van der Waals surface area contributed by atoms with E-state index in [1.54, 1.807) is 18.4 Å². The van der Waals surface area contributed by atoms with Crippen LogP contribution in [0.15, 0.2) is 35.8 Å². The second kappa shape index (κ2) is 6.31. The Morgan fingerprint density at radius 3 is 3.00 bits per heavy atom. The number of methoxy groups -OCH3 is 1. The molecule has 1 aliphatic rings. The van der Waals surface area contributed by atoms with Gasteiger partial charge in [-0.15, -0.1) is 11.3 Å². The fraction of sp³-hybridized carbons (Fsp3) is 0.353. The van der Waals surface area contributed by atoms with Gasteiger partial charge in [-0.1, -0.05) is 12.1 Å². The molecule has 6 heteroatoms. The lowest BCUT2D eigenvalue weighted by molar-refractivity contribution is 0.230. The van der Waals surface area contributed by atoms with Gasteiger partial charge in [0.1, 0.15) is 5.75 Å². The molecule has 0 atom stereocenters. The van der Waals surface area contributed by atoms with E-state index in [-0.39, 0.29) is 0 Å². The van der Waals surface area contributed by atoms with Crippen molar-refractivity contribution in [3.05, 3.63) is 41.5 Å². The van der Waals surface area contributed by atoms with E-state index in [9.17, 15) is 0 Å². The fourth-order valence-electron chi connectivity index (χ4n) is 3.07. The first-order valence-electron chi connectivity index (χ1n) is 7.87. The first-order chi connectivity index (χ1) is 11.3. The highest BCUT2D eigenvalue weighted by Crippen LogP contribution is 2.29. The first-order valence-corrected chi connectivity index (χ1v) is 8.75. The summed E-state index contributed by atoms with van der Waals surface area (Å²) in [5, 5.41) is 5.51. The van der Waals surface area contributed by atoms with Crippen LogP contribution in [0.4, 0.5) is 0 Å². The van der Waals surface area contributed by atoms with E-state index in [1.807, 2.05) is 12.1 Å². The third kappa shape index (κ3) is 2.85. The lowest BCUT2D eigenvalue weighted by Crippen LogP contribution is -2.43. The molecule has 1 aromatic carbocycles. The van der Waals surface area contributed by atoms with Gasteiger partial charge in [0.2, 0.25) is 0 Å². The molecule has 1 N–H and O–H groups in total. The molecule has 1 fully saturated rings. The molecule has 0 unspecified atom stereocenters. The minimum Gasteiger partial charge on any atom is -0.497 e. The lowest BCUT2D eigenvalue weighted by Gasteiger charge is -2.27. The molecular weight excluding hydrogens is 308 g/mol. The third-order valence-corrected chi connectivity index (χ3v) is 5.04. The number of thiazole rings is 1. The highest BCUT2D eigenvalue weighted by atomic mass is 32.1. The zero-order chi connectivity index (χ0) is 15.6. The Morgan fingerprint density at radius 2 is 2.17 bits per heavy atom. The second-order valence-corrected chi connectivity index (χ2v) is 6.59. The van der Waals surface area contributed by atoms with Crippen molar-refractivity contribution >= 4 is 16.3 Å². The van der Waals surface area contributed by atoms with E-state index in [4.69, 9.17) is 9.72 Å². The second-order valence-electron chi connectivity index (χ2n) is 5.72. The summed E-state index contributed by atoms with van der Waals surface area (Å²) < 4.78 is 7.59. The molecule has 1 aliphatic heterocycles. The Hall–Kier alpha value is -1.89. The van der Waals surface area contributed by atoms with E-state index in [0.717, 1.165) is 54.7 Å². The molecule has 0 bridgehead atoms. The largest absolute Gasteiger partial charge is 0.497 e. The third-order valence-electron chi connectivity index (χ3n) is 4.29. The predicted octanol–water partition coefficient (Wildman–Crippen LogP) is 2.48. The number of fused-ring (bicyclic) bond motifs is 1. The molecular formula is C17H20N4OS. The quantitative estimate of drug-likeness (QED) is 0.799. The van der Waals surface area contributed by atoms with Gasteiger partial charge in [-0.25, -0.2) is 4.98 Å². The average molecular weight is 328 g/mol. The monoisotopic (exact) mass is 328 g/mol. The Labute approximate surface area is 139 Å². The van der Waals surface area contributed by atoms with Crippen LogP contribution in [0.1, 0.15) is 5.69 Å². The standard InChI is InChI=1S/C17H20N4OS/c1-22-14-4-2-3-13(11-14)16-15(12-20-7-5-18-6-8-20)21-9-10-23-17(21)19-16/h2-4,9-11,18H,5-8,12H2,1H3. The summed E-state index contributed by atoms with van der Waals surface area (Å²) in [4.78, 5) is 8.40. The van der Waals surface area contributed by atoms with Gasteiger partial charge in [0.05, 0.1) is 18.5 Å². The van der Waals surface area contributed by atoms with Crippen molar-refractivity contribution in [1.29, 1.82) is 0 Å². The molecule has 0 amide bonds. The normalized spacial score (nSPS) is 16.0. The highest BCUT2D eigenvalue weighted by Gasteiger charge is 2.19. The van der Waals surface area contributed by atoms with E-state index in [0.29, 0.717) is 0 Å². The number of imidazole rings is 1. The summed E-state index contributed by atoms with van der Waals surface area (Å²) in [5.41, 5.74) is 3.44. The molecule has 4 rings (SSSR count). The number of nitrogens with zero attached hydrogens (tertiary/aromatic N) is 3.